The van der Waals surface area contributed by atoms with Crippen molar-refractivity contribution in [1.29, 1.82) is 5.26 Å². The van der Waals surface area contributed by atoms with Crippen molar-refractivity contribution >= 4 is 17.2 Å². The Labute approximate surface area is 147 Å². The number of nitrogens with one attached hydrogen (secondary N) is 1. The molecule has 0 amide bonds. The Morgan fingerprint density at radius 2 is 1.96 bits per heavy atom. The average molecular weight is 335 g/mol. The summed E-state index contributed by atoms with van der Waals surface area (Å²) in [5.74, 6) is 2.16. The lowest BCUT2D eigenvalue weighted by Gasteiger charge is -2.32. The molecular weight excluding hydrogens is 314 g/mol. The highest BCUT2D eigenvalue weighted by atomic mass is 16.3. The van der Waals surface area contributed by atoms with E-state index in [1.165, 1.54) is 12.8 Å². The van der Waals surface area contributed by atoms with Gasteiger partial charge in [0.05, 0.1) is 17.4 Å². The van der Waals surface area contributed by atoms with E-state index < -0.39 is 0 Å². The quantitative estimate of drug-likeness (QED) is 0.893. The first-order valence-corrected chi connectivity index (χ1v) is 8.80. The number of piperidine rings is 1. The number of benzene rings is 1. The Hall–Kier alpha value is -2.65. The van der Waals surface area contributed by atoms with E-state index in [2.05, 4.69) is 26.3 Å². The number of aliphatic hydroxyl groups excluding tert-OH is 1. The number of rotatable bonds is 4. The number of anilines is 3. The van der Waals surface area contributed by atoms with Crippen LogP contribution in [0.4, 0.5) is 17.2 Å². The van der Waals surface area contributed by atoms with E-state index in [1.54, 1.807) is 6.20 Å². The van der Waals surface area contributed by atoms with E-state index in [-0.39, 0.29) is 6.10 Å². The van der Waals surface area contributed by atoms with E-state index >= 15 is 0 Å². The number of hydrogen-bond donors (Lipinski definition) is 2. The SMILES string of the molecule is N#Cc1cc(Nc2ccnc(C3CC3)n2)ccc1N1CCC(O)CC1. The molecule has 2 aromatic rings. The minimum Gasteiger partial charge on any atom is -0.393 e. The van der Waals surface area contributed by atoms with Crippen molar-refractivity contribution in [2.45, 2.75) is 37.7 Å². The van der Waals surface area contributed by atoms with Crippen LogP contribution >= 0.6 is 0 Å². The van der Waals surface area contributed by atoms with Gasteiger partial charge >= 0.3 is 0 Å². The molecule has 2 N–H and O–H groups in total. The van der Waals surface area contributed by atoms with Gasteiger partial charge in [-0.1, -0.05) is 0 Å². The third-order valence-electron chi connectivity index (χ3n) is 4.81. The maximum absolute atomic E-state index is 9.66. The molecule has 0 radical (unpaired) electrons. The summed E-state index contributed by atoms with van der Waals surface area (Å²) in [5, 5.41) is 22.5. The first-order valence-electron chi connectivity index (χ1n) is 8.80. The largest absolute Gasteiger partial charge is 0.393 e. The van der Waals surface area contributed by atoms with Crippen LogP contribution in [-0.4, -0.2) is 34.3 Å². The number of nitrogens with zero attached hydrogens (tertiary/aromatic N) is 4. The van der Waals surface area contributed by atoms with Crippen LogP contribution in [0.25, 0.3) is 0 Å². The first kappa shape index (κ1) is 15.9. The van der Waals surface area contributed by atoms with Crippen LogP contribution in [0.1, 0.15) is 43.0 Å². The van der Waals surface area contributed by atoms with Crippen molar-refractivity contribution < 1.29 is 5.11 Å². The lowest BCUT2D eigenvalue weighted by molar-refractivity contribution is 0.145. The molecule has 1 aliphatic carbocycles. The van der Waals surface area contributed by atoms with Crippen LogP contribution in [0, 0.1) is 11.3 Å². The second kappa shape index (κ2) is 6.69. The van der Waals surface area contributed by atoms with Gasteiger partial charge in [-0.3, -0.25) is 0 Å². The predicted octanol–water partition coefficient (Wildman–Crippen LogP) is 2.93. The van der Waals surface area contributed by atoms with Gasteiger partial charge in [-0.15, -0.1) is 0 Å². The predicted molar refractivity (Wildman–Crippen MR) is 95.9 cm³/mol. The van der Waals surface area contributed by atoms with Crippen molar-refractivity contribution in [1.82, 2.24) is 9.97 Å². The molecule has 2 fully saturated rings. The highest BCUT2D eigenvalue weighted by Gasteiger charge is 2.26. The highest BCUT2D eigenvalue weighted by Crippen LogP contribution is 2.38. The molecular formula is C19H21N5O. The van der Waals surface area contributed by atoms with Crippen molar-refractivity contribution in [2.75, 3.05) is 23.3 Å². The fourth-order valence-corrected chi connectivity index (χ4v) is 3.22. The van der Waals surface area contributed by atoms with Crippen molar-refractivity contribution in [3.05, 3.63) is 41.9 Å². The Bertz CT molecular complexity index is 804. The maximum Gasteiger partial charge on any atom is 0.134 e. The summed E-state index contributed by atoms with van der Waals surface area (Å²) < 4.78 is 0. The zero-order chi connectivity index (χ0) is 17.2. The first-order chi connectivity index (χ1) is 12.2. The van der Waals surface area contributed by atoms with Gasteiger partial charge in [0.1, 0.15) is 17.7 Å². The molecule has 25 heavy (non-hydrogen) atoms. The van der Waals surface area contributed by atoms with Gasteiger partial charge in [-0.2, -0.15) is 5.26 Å². The highest BCUT2D eigenvalue weighted by molar-refractivity contribution is 5.68. The molecule has 0 bridgehead atoms. The molecule has 1 aliphatic heterocycles. The summed E-state index contributed by atoms with van der Waals surface area (Å²) in [5.41, 5.74) is 2.41. The Balaban J connectivity index is 1.53. The smallest absolute Gasteiger partial charge is 0.134 e. The number of aromatic nitrogens is 2. The van der Waals surface area contributed by atoms with Crippen molar-refractivity contribution in [2.24, 2.45) is 0 Å². The summed E-state index contributed by atoms with van der Waals surface area (Å²) in [6.45, 7) is 1.55. The monoisotopic (exact) mass is 335 g/mol. The molecule has 6 nitrogen and oxygen atoms in total. The van der Waals surface area contributed by atoms with Crippen LogP contribution in [0.2, 0.25) is 0 Å². The lowest BCUT2D eigenvalue weighted by Crippen LogP contribution is -2.36. The summed E-state index contributed by atoms with van der Waals surface area (Å²) in [6.07, 6.45) is 5.39. The fourth-order valence-electron chi connectivity index (χ4n) is 3.22. The average Bonchev–Trinajstić information content (AvgIpc) is 3.48. The molecule has 2 heterocycles. The van der Waals surface area contributed by atoms with Crippen LogP contribution in [-0.2, 0) is 0 Å². The molecule has 1 saturated heterocycles. The van der Waals surface area contributed by atoms with E-state index in [1.807, 2.05) is 24.3 Å². The second-order valence-electron chi connectivity index (χ2n) is 6.76. The molecule has 1 saturated carbocycles. The van der Waals surface area contributed by atoms with Crippen molar-refractivity contribution in [3.8, 4) is 6.07 Å². The van der Waals surface area contributed by atoms with Crippen LogP contribution in [0.5, 0.6) is 0 Å². The number of nitriles is 1. The molecule has 128 valence electrons. The Kier molecular flexibility index (Phi) is 4.24. The Morgan fingerprint density at radius 3 is 2.68 bits per heavy atom. The van der Waals surface area contributed by atoms with Crippen LogP contribution < -0.4 is 10.2 Å². The second-order valence-corrected chi connectivity index (χ2v) is 6.76. The molecule has 0 spiro atoms. The molecule has 1 aromatic heterocycles. The molecule has 6 heteroatoms. The van der Waals surface area contributed by atoms with E-state index in [0.29, 0.717) is 11.5 Å². The lowest BCUT2D eigenvalue weighted by atomic mass is 10.0. The van der Waals surface area contributed by atoms with Gasteiger partial charge in [0.25, 0.3) is 0 Å². The molecule has 4 rings (SSSR count). The molecule has 2 aliphatic rings. The van der Waals surface area contributed by atoms with Crippen molar-refractivity contribution in [3.63, 3.8) is 0 Å². The molecule has 1 aromatic carbocycles. The summed E-state index contributed by atoms with van der Waals surface area (Å²) >= 11 is 0. The third-order valence-corrected chi connectivity index (χ3v) is 4.81. The van der Waals surface area contributed by atoms with Gasteiger partial charge in [-0.25, -0.2) is 9.97 Å². The topological polar surface area (TPSA) is 85.1 Å². The zero-order valence-electron chi connectivity index (χ0n) is 14.0. The van der Waals surface area contributed by atoms with Gasteiger partial charge in [0.15, 0.2) is 0 Å². The van der Waals surface area contributed by atoms with Gasteiger partial charge in [-0.05, 0) is 49.9 Å². The minimum absolute atomic E-state index is 0.221. The maximum atomic E-state index is 9.66. The minimum atomic E-state index is -0.221. The number of hydrogen-bond acceptors (Lipinski definition) is 6. The number of aliphatic hydroxyl groups is 1. The van der Waals surface area contributed by atoms with E-state index in [0.717, 1.165) is 48.9 Å². The fraction of sp³-hybridized carbons (Fsp3) is 0.421. The molecule has 0 atom stereocenters. The van der Waals surface area contributed by atoms with E-state index in [4.69, 9.17) is 0 Å². The summed E-state index contributed by atoms with van der Waals surface area (Å²) in [6, 6.07) is 9.94. The molecule has 0 unspecified atom stereocenters. The van der Waals surface area contributed by atoms with E-state index in [9.17, 15) is 10.4 Å². The van der Waals surface area contributed by atoms with Gasteiger partial charge < -0.3 is 15.3 Å². The summed E-state index contributed by atoms with van der Waals surface area (Å²) in [4.78, 5) is 11.1. The normalized spacial score (nSPS) is 18.0. The van der Waals surface area contributed by atoms with Gasteiger partial charge in [0.2, 0.25) is 0 Å². The van der Waals surface area contributed by atoms with Crippen LogP contribution in [0.15, 0.2) is 30.5 Å². The van der Waals surface area contributed by atoms with Gasteiger partial charge in [0, 0.05) is 30.9 Å². The zero-order valence-corrected chi connectivity index (χ0v) is 14.0. The third kappa shape index (κ3) is 3.57. The summed E-state index contributed by atoms with van der Waals surface area (Å²) in [7, 11) is 0. The Morgan fingerprint density at radius 1 is 1.16 bits per heavy atom. The van der Waals surface area contributed by atoms with Crippen LogP contribution in [0.3, 0.4) is 0 Å². The standard InChI is InChI=1S/C19H21N5O/c20-12-14-11-15(3-4-17(14)24-9-6-16(25)7-10-24)22-18-5-8-21-19(23-18)13-1-2-13/h3-5,8,11,13,16,25H,1-2,6-7,9-10H2,(H,21,22,23).